The van der Waals surface area contributed by atoms with Gasteiger partial charge in [-0.1, -0.05) is 29.8 Å². The molecule has 0 saturated carbocycles. The Hall–Kier alpha value is -1.02. The first-order chi connectivity index (χ1) is 5.63. The summed E-state index contributed by atoms with van der Waals surface area (Å²) in [5.74, 6) is 0.0451. The molecule has 0 spiro atoms. The molecule has 1 aromatic carbocycles. The Morgan fingerprint density at radius 1 is 1.42 bits per heavy atom. The van der Waals surface area contributed by atoms with Crippen LogP contribution in [0.2, 0.25) is 5.02 Å². The zero-order valence-electron chi connectivity index (χ0n) is 6.67. The number of hydrogen-bond acceptors (Lipinski definition) is 1. The Morgan fingerprint density at radius 2 is 2.00 bits per heavy atom. The van der Waals surface area contributed by atoms with Crippen LogP contribution >= 0.6 is 11.6 Å². The Bertz CT molecular complexity index is 298. The lowest BCUT2D eigenvalue weighted by molar-refractivity contribution is -0.115. The van der Waals surface area contributed by atoms with Gasteiger partial charge in [-0.3, -0.25) is 4.79 Å². The van der Waals surface area contributed by atoms with Crippen molar-refractivity contribution in [3.05, 3.63) is 40.8 Å². The molecule has 0 bridgehead atoms. The Balaban J connectivity index is 3.02. The predicted molar refractivity (Wildman–Crippen MR) is 48.7 cm³/mol. The highest BCUT2D eigenvalue weighted by Crippen LogP contribution is 2.22. The minimum atomic E-state index is -0.442. The normalized spacial score (nSPS) is 10.2. The molecule has 0 heterocycles. The number of halogens is 1. The van der Waals surface area contributed by atoms with Crippen LogP contribution in [0.4, 0.5) is 0 Å². The summed E-state index contributed by atoms with van der Waals surface area (Å²) in [5.41, 5.74) is 5.80. The van der Waals surface area contributed by atoms with Crippen molar-refractivity contribution in [3.63, 3.8) is 0 Å². The van der Waals surface area contributed by atoms with Crippen LogP contribution in [0.25, 0.3) is 0 Å². The molecular weight excluding hydrogens is 174 g/mol. The van der Waals surface area contributed by atoms with E-state index < -0.39 is 5.91 Å². The molecule has 2 nitrogen and oxygen atoms in total. The van der Waals surface area contributed by atoms with Crippen molar-refractivity contribution in [1.82, 2.24) is 0 Å². The summed E-state index contributed by atoms with van der Waals surface area (Å²) >= 11 is 5.83. The minimum Gasteiger partial charge on any atom is -0.369 e. The fraction of sp³-hybridized carbons (Fsp3) is 0.111. The summed E-state index contributed by atoms with van der Waals surface area (Å²) in [6.45, 7) is 1.66. The van der Waals surface area contributed by atoms with Gasteiger partial charge in [0.15, 0.2) is 0 Å². The maximum Gasteiger partial charge on any atom is 0.229 e. The molecule has 0 atom stereocenters. The average molecular weight is 183 g/mol. The van der Waals surface area contributed by atoms with E-state index in [-0.39, 0.29) is 0 Å². The van der Waals surface area contributed by atoms with Crippen LogP contribution in [0.1, 0.15) is 12.5 Å². The van der Waals surface area contributed by atoms with Crippen molar-refractivity contribution >= 4 is 17.5 Å². The van der Waals surface area contributed by atoms with Gasteiger partial charge in [0.2, 0.25) is 5.91 Å². The number of amides is 1. The molecule has 1 rings (SSSR count). The number of carbonyl (C=O) groups is 1. The third kappa shape index (κ3) is 1.77. The molecule has 12 heavy (non-hydrogen) atoms. The van der Waals surface area contributed by atoms with Gasteiger partial charge in [0.05, 0.1) is 5.92 Å². The maximum atomic E-state index is 10.8. The molecule has 1 radical (unpaired) electrons. The SMILES string of the molecule is C[C](C(N)=O)c1ccccc1Cl. The molecule has 0 aromatic heterocycles. The molecule has 2 N–H and O–H groups in total. The second kappa shape index (κ2) is 3.59. The van der Waals surface area contributed by atoms with Crippen LogP contribution in [-0.4, -0.2) is 5.91 Å². The summed E-state index contributed by atoms with van der Waals surface area (Å²) in [7, 11) is 0. The van der Waals surface area contributed by atoms with Gasteiger partial charge in [-0.2, -0.15) is 0 Å². The van der Waals surface area contributed by atoms with Crippen LogP contribution in [0.3, 0.4) is 0 Å². The lowest BCUT2D eigenvalue weighted by atomic mass is 10.0. The quantitative estimate of drug-likeness (QED) is 0.744. The lowest BCUT2D eigenvalue weighted by Crippen LogP contribution is -2.19. The summed E-state index contributed by atoms with van der Waals surface area (Å²) < 4.78 is 0. The molecular formula is C9H9ClNO. The van der Waals surface area contributed by atoms with Crippen LogP contribution in [0, 0.1) is 5.92 Å². The highest BCUT2D eigenvalue weighted by molar-refractivity contribution is 6.32. The molecule has 0 aliphatic rings. The first kappa shape index (κ1) is 9.07. The molecule has 0 aliphatic heterocycles. The van der Waals surface area contributed by atoms with Gasteiger partial charge in [-0.25, -0.2) is 0 Å². The van der Waals surface area contributed by atoms with Gasteiger partial charge in [-0.15, -0.1) is 0 Å². The molecule has 0 unspecified atom stereocenters. The number of primary amides is 1. The van der Waals surface area contributed by atoms with E-state index in [1.54, 1.807) is 25.1 Å². The third-order valence-corrected chi connectivity index (χ3v) is 1.98. The number of hydrogen-bond donors (Lipinski definition) is 1. The zero-order chi connectivity index (χ0) is 9.14. The first-order valence-corrected chi connectivity index (χ1v) is 3.89. The van der Waals surface area contributed by atoms with Gasteiger partial charge in [0.25, 0.3) is 0 Å². The van der Waals surface area contributed by atoms with E-state index in [0.717, 1.165) is 0 Å². The summed E-state index contributed by atoms with van der Waals surface area (Å²) in [4.78, 5) is 10.8. The fourth-order valence-corrected chi connectivity index (χ4v) is 1.18. The highest BCUT2D eigenvalue weighted by Gasteiger charge is 2.14. The number of carbonyl (C=O) groups excluding carboxylic acids is 1. The van der Waals surface area contributed by atoms with E-state index in [2.05, 4.69) is 0 Å². The largest absolute Gasteiger partial charge is 0.369 e. The van der Waals surface area contributed by atoms with Crippen molar-refractivity contribution in [2.75, 3.05) is 0 Å². The smallest absolute Gasteiger partial charge is 0.229 e. The first-order valence-electron chi connectivity index (χ1n) is 3.51. The molecule has 0 saturated heterocycles. The summed E-state index contributed by atoms with van der Waals surface area (Å²) in [6, 6.07) is 7.11. The van der Waals surface area contributed by atoms with E-state index in [4.69, 9.17) is 17.3 Å². The molecule has 63 valence electrons. The molecule has 0 aliphatic carbocycles. The Morgan fingerprint density at radius 3 is 2.50 bits per heavy atom. The minimum absolute atomic E-state index is 0.442. The zero-order valence-corrected chi connectivity index (χ0v) is 7.43. The topological polar surface area (TPSA) is 43.1 Å². The summed E-state index contributed by atoms with van der Waals surface area (Å²) in [6.07, 6.45) is 0. The van der Waals surface area contributed by atoms with Crippen LogP contribution in [0.5, 0.6) is 0 Å². The third-order valence-electron chi connectivity index (χ3n) is 1.65. The number of nitrogens with two attached hydrogens (primary N) is 1. The average Bonchev–Trinajstić information content (AvgIpc) is 2.04. The standard InChI is InChI=1S/C9H9ClNO/c1-6(9(11)12)7-4-2-3-5-8(7)10/h2-5H,1H3,(H2,11,12). The van der Waals surface area contributed by atoms with E-state index in [9.17, 15) is 4.79 Å². The van der Waals surface area contributed by atoms with E-state index in [0.29, 0.717) is 16.5 Å². The van der Waals surface area contributed by atoms with E-state index in [1.807, 2.05) is 6.07 Å². The number of rotatable bonds is 2. The van der Waals surface area contributed by atoms with Gasteiger partial charge in [0, 0.05) is 5.02 Å². The summed E-state index contributed by atoms with van der Waals surface area (Å²) in [5, 5.41) is 0.550. The molecule has 0 fully saturated rings. The second-order valence-electron chi connectivity index (χ2n) is 2.47. The van der Waals surface area contributed by atoms with Crippen LogP contribution in [-0.2, 0) is 4.79 Å². The van der Waals surface area contributed by atoms with Crippen molar-refractivity contribution in [2.24, 2.45) is 5.73 Å². The van der Waals surface area contributed by atoms with Crippen LogP contribution < -0.4 is 5.73 Å². The molecule has 3 heteroatoms. The number of benzene rings is 1. The van der Waals surface area contributed by atoms with Crippen molar-refractivity contribution < 1.29 is 4.79 Å². The van der Waals surface area contributed by atoms with Gasteiger partial charge < -0.3 is 5.73 Å². The van der Waals surface area contributed by atoms with E-state index in [1.165, 1.54) is 0 Å². The van der Waals surface area contributed by atoms with E-state index >= 15 is 0 Å². The van der Waals surface area contributed by atoms with Crippen molar-refractivity contribution in [1.29, 1.82) is 0 Å². The molecule has 1 aromatic rings. The lowest BCUT2D eigenvalue weighted by Gasteiger charge is -2.07. The van der Waals surface area contributed by atoms with Gasteiger partial charge in [-0.05, 0) is 18.6 Å². The molecule has 1 amide bonds. The van der Waals surface area contributed by atoms with Crippen LogP contribution in [0.15, 0.2) is 24.3 Å². The van der Waals surface area contributed by atoms with Gasteiger partial charge >= 0.3 is 0 Å². The van der Waals surface area contributed by atoms with Crippen molar-refractivity contribution in [3.8, 4) is 0 Å². The maximum absolute atomic E-state index is 10.8. The highest BCUT2D eigenvalue weighted by atomic mass is 35.5. The Kier molecular flexibility index (Phi) is 2.71. The van der Waals surface area contributed by atoms with Gasteiger partial charge in [0.1, 0.15) is 0 Å². The van der Waals surface area contributed by atoms with Crippen molar-refractivity contribution in [2.45, 2.75) is 6.92 Å². The second-order valence-corrected chi connectivity index (χ2v) is 2.88. The predicted octanol–water partition coefficient (Wildman–Crippen LogP) is 1.77. The fourth-order valence-electron chi connectivity index (χ4n) is 0.898. The Labute approximate surface area is 76.3 Å². The monoisotopic (exact) mass is 182 g/mol.